The van der Waals surface area contributed by atoms with E-state index in [2.05, 4.69) is 4.98 Å². The topological polar surface area (TPSA) is 62.3 Å². The number of rotatable bonds is 5. The first-order valence-corrected chi connectivity index (χ1v) is 5.68. The quantitative estimate of drug-likeness (QED) is 0.867. The zero-order chi connectivity index (χ0) is 13.0. The van der Waals surface area contributed by atoms with E-state index in [4.69, 9.17) is 15.2 Å². The Morgan fingerprint density at radius 3 is 2.78 bits per heavy atom. The molecule has 18 heavy (non-hydrogen) atoms. The van der Waals surface area contributed by atoms with Crippen LogP contribution in [0.1, 0.15) is 11.3 Å². The molecule has 0 spiro atoms. The van der Waals surface area contributed by atoms with Crippen LogP contribution in [0.25, 0.3) is 0 Å². The fourth-order valence-electron chi connectivity index (χ4n) is 1.83. The SMILES string of the molecule is COc1ccc(Cn2cncc2CN)c(OC)c1. The second-order valence-corrected chi connectivity index (χ2v) is 3.89. The predicted octanol–water partition coefficient (Wildman–Crippen LogP) is 1.41. The first-order chi connectivity index (χ1) is 8.78. The number of imidazole rings is 1. The van der Waals surface area contributed by atoms with E-state index in [0.717, 1.165) is 22.8 Å². The van der Waals surface area contributed by atoms with E-state index in [0.29, 0.717) is 13.1 Å². The van der Waals surface area contributed by atoms with Crippen molar-refractivity contribution < 1.29 is 9.47 Å². The number of ether oxygens (including phenoxy) is 2. The van der Waals surface area contributed by atoms with Crippen molar-refractivity contribution in [3.63, 3.8) is 0 Å². The Bertz CT molecular complexity index is 523. The zero-order valence-corrected chi connectivity index (χ0v) is 10.6. The van der Waals surface area contributed by atoms with Crippen molar-refractivity contribution in [2.45, 2.75) is 13.1 Å². The maximum Gasteiger partial charge on any atom is 0.127 e. The Balaban J connectivity index is 2.28. The van der Waals surface area contributed by atoms with Gasteiger partial charge in [-0.3, -0.25) is 0 Å². The van der Waals surface area contributed by atoms with Crippen LogP contribution in [0.3, 0.4) is 0 Å². The van der Waals surface area contributed by atoms with Gasteiger partial charge in [0.05, 0.1) is 32.8 Å². The van der Waals surface area contributed by atoms with Gasteiger partial charge in [0.15, 0.2) is 0 Å². The lowest BCUT2D eigenvalue weighted by Crippen LogP contribution is -2.08. The van der Waals surface area contributed by atoms with Gasteiger partial charge in [0, 0.05) is 24.4 Å². The van der Waals surface area contributed by atoms with E-state index in [-0.39, 0.29) is 0 Å². The molecule has 0 unspecified atom stereocenters. The van der Waals surface area contributed by atoms with Gasteiger partial charge in [0.1, 0.15) is 11.5 Å². The van der Waals surface area contributed by atoms with E-state index in [1.165, 1.54) is 0 Å². The van der Waals surface area contributed by atoms with Gasteiger partial charge >= 0.3 is 0 Å². The average molecular weight is 247 g/mol. The molecular formula is C13H17N3O2. The average Bonchev–Trinajstić information content (AvgIpc) is 2.86. The molecule has 0 saturated heterocycles. The van der Waals surface area contributed by atoms with Crippen LogP contribution in [0, 0.1) is 0 Å². The number of methoxy groups -OCH3 is 2. The smallest absolute Gasteiger partial charge is 0.127 e. The molecule has 0 fully saturated rings. The highest BCUT2D eigenvalue weighted by molar-refractivity contribution is 5.41. The van der Waals surface area contributed by atoms with Gasteiger partial charge in [-0.1, -0.05) is 0 Å². The van der Waals surface area contributed by atoms with Crippen molar-refractivity contribution in [3.8, 4) is 11.5 Å². The molecule has 0 saturated carbocycles. The molecule has 96 valence electrons. The third kappa shape index (κ3) is 2.46. The van der Waals surface area contributed by atoms with Crippen molar-refractivity contribution in [3.05, 3.63) is 42.0 Å². The number of benzene rings is 1. The summed E-state index contributed by atoms with van der Waals surface area (Å²) in [4.78, 5) is 4.10. The van der Waals surface area contributed by atoms with E-state index in [9.17, 15) is 0 Å². The zero-order valence-electron chi connectivity index (χ0n) is 10.6. The molecule has 5 nitrogen and oxygen atoms in total. The number of hydrogen-bond acceptors (Lipinski definition) is 4. The van der Waals surface area contributed by atoms with Gasteiger partial charge in [-0.15, -0.1) is 0 Å². The molecule has 0 bridgehead atoms. The van der Waals surface area contributed by atoms with E-state index < -0.39 is 0 Å². The maximum atomic E-state index is 5.65. The van der Waals surface area contributed by atoms with Gasteiger partial charge < -0.3 is 19.8 Å². The fourth-order valence-corrected chi connectivity index (χ4v) is 1.83. The maximum absolute atomic E-state index is 5.65. The van der Waals surface area contributed by atoms with Crippen LogP contribution < -0.4 is 15.2 Å². The Kier molecular flexibility index (Phi) is 3.84. The summed E-state index contributed by atoms with van der Waals surface area (Å²) in [5, 5.41) is 0. The molecule has 5 heteroatoms. The van der Waals surface area contributed by atoms with Gasteiger partial charge in [-0.05, 0) is 12.1 Å². The molecule has 2 N–H and O–H groups in total. The normalized spacial score (nSPS) is 10.4. The van der Waals surface area contributed by atoms with Crippen molar-refractivity contribution >= 4 is 0 Å². The van der Waals surface area contributed by atoms with Crippen LogP contribution in [0.15, 0.2) is 30.7 Å². The standard InChI is InChI=1S/C13H17N3O2/c1-17-12-4-3-10(13(5-12)18-2)8-16-9-15-7-11(16)6-14/h3-5,7,9H,6,8,14H2,1-2H3. The molecular weight excluding hydrogens is 230 g/mol. The van der Waals surface area contributed by atoms with Crippen molar-refractivity contribution in [2.75, 3.05) is 14.2 Å². The van der Waals surface area contributed by atoms with E-state index in [1.54, 1.807) is 26.7 Å². The second kappa shape index (κ2) is 5.55. The fraction of sp³-hybridized carbons (Fsp3) is 0.308. The lowest BCUT2D eigenvalue weighted by atomic mass is 10.2. The molecule has 0 aliphatic heterocycles. The Hall–Kier alpha value is -2.01. The number of nitrogens with two attached hydrogens (primary N) is 1. The van der Waals surface area contributed by atoms with Gasteiger partial charge in [0.25, 0.3) is 0 Å². The minimum absolute atomic E-state index is 0.471. The van der Waals surface area contributed by atoms with Crippen LogP contribution in [0.2, 0.25) is 0 Å². The van der Waals surface area contributed by atoms with Gasteiger partial charge in [0.2, 0.25) is 0 Å². The second-order valence-electron chi connectivity index (χ2n) is 3.89. The minimum atomic E-state index is 0.471. The first-order valence-electron chi connectivity index (χ1n) is 5.68. The summed E-state index contributed by atoms with van der Waals surface area (Å²) >= 11 is 0. The molecule has 1 heterocycles. The largest absolute Gasteiger partial charge is 0.497 e. The van der Waals surface area contributed by atoms with E-state index in [1.807, 2.05) is 22.8 Å². The Morgan fingerprint density at radius 1 is 1.28 bits per heavy atom. The van der Waals surface area contributed by atoms with Crippen LogP contribution in [-0.4, -0.2) is 23.8 Å². The van der Waals surface area contributed by atoms with Crippen LogP contribution in [0.4, 0.5) is 0 Å². The summed E-state index contributed by atoms with van der Waals surface area (Å²) in [5.41, 5.74) is 7.71. The Labute approximate surface area is 106 Å². The summed E-state index contributed by atoms with van der Waals surface area (Å²) in [7, 11) is 3.28. The molecule has 1 aromatic carbocycles. The predicted molar refractivity (Wildman–Crippen MR) is 68.8 cm³/mol. The monoisotopic (exact) mass is 247 g/mol. The highest BCUT2D eigenvalue weighted by atomic mass is 16.5. The molecule has 0 amide bonds. The lowest BCUT2D eigenvalue weighted by molar-refractivity contribution is 0.390. The third-order valence-electron chi connectivity index (χ3n) is 2.84. The molecule has 2 rings (SSSR count). The highest BCUT2D eigenvalue weighted by Gasteiger charge is 2.07. The summed E-state index contributed by atoms with van der Waals surface area (Å²) < 4.78 is 12.5. The minimum Gasteiger partial charge on any atom is -0.497 e. The van der Waals surface area contributed by atoms with Gasteiger partial charge in [-0.25, -0.2) is 4.98 Å². The number of hydrogen-bond donors (Lipinski definition) is 1. The van der Waals surface area contributed by atoms with Crippen molar-refractivity contribution in [1.29, 1.82) is 0 Å². The van der Waals surface area contributed by atoms with Crippen LogP contribution in [0.5, 0.6) is 11.5 Å². The third-order valence-corrected chi connectivity index (χ3v) is 2.84. The summed E-state index contributed by atoms with van der Waals surface area (Å²) in [5.74, 6) is 1.58. The van der Waals surface area contributed by atoms with Crippen LogP contribution in [-0.2, 0) is 13.1 Å². The van der Waals surface area contributed by atoms with Crippen molar-refractivity contribution in [2.24, 2.45) is 5.73 Å². The van der Waals surface area contributed by atoms with E-state index >= 15 is 0 Å². The number of aromatic nitrogens is 2. The first kappa shape index (κ1) is 12.4. The molecule has 2 aromatic rings. The molecule has 0 aliphatic carbocycles. The van der Waals surface area contributed by atoms with Gasteiger partial charge in [-0.2, -0.15) is 0 Å². The van der Waals surface area contributed by atoms with Crippen LogP contribution >= 0.6 is 0 Å². The summed E-state index contributed by atoms with van der Waals surface area (Å²) in [6.45, 7) is 1.15. The molecule has 0 atom stereocenters. The molecule has 0 aliphatic rings. The highest BCUT2D eigenvalue weighted by Crippen LogP contribution is 2.25. The summed E-state index contributed by atoms with van der Waals surface area (Å²) in [6, 6.07) is 5.77. The van der Waals surface area contributed by atoms with Crippen molar-refractivity contribution in [1.82, 2.24) is 9.55 Å². The lowest BCUT2D eigenvalue weighted by Gasteiger charge is -2.12. The molecule has 0 radical (unpaired) electrons. The Morgan fingerprint density at radius 2 is 2.11 bits per heavy atom. The summed E-state index contributed by atoms with van der Waals surface area (Å²) in [6.07, 6.45) is 3.54. The number of nitrogens with zero attached hydrogens (tertiary/aromatic N) is 2. The molecule has 1 aromatic heterocycles.